The number of aromatic nitrogens is 3. The molecular weight excluding hydrogens is 386 g/mol. The lowest BCUT2D eigenvalue weighted by Crippen LogP contribution is -2.38. The van der Waals surface area contributed by atoms with Gasteiger partial charge in [-0.3, -0.25) is 9.69 Å². The van der Waals surface area contributed by atoms with Crippen LogP contribution < -0.4 is 5.32 Å². The van der Waals surface area contributed by atoms with Crippen molar-refractivity contribution in [3.63, 3.8) is 0 Å². The minimum absolute atomic E-state index is 0.223. The van der Waals surface area contributed by atoms with Gasteiger partial charge in [0.05, 0.1) is 10.7 Å². The van der Waals surface area contributed by atoms with Gasteiger partial charge < -0.3 is 5.32 Å². The lowest BCUT2D eigenvalue weighted by Gasteiger charge is -2.28. The molecule has 29 heavy (non-hydrogen) atoms. The van der Waals surface area contributed by atoms with Gasteiger partial charge in [0, 0.05) is 31.9 Å². The number of carbonyl (C=O) groups excluding carboxylic acids is 1. The van der Waals surface area contributed by atoms with Crippen LogP contribution in [0.4, 0.5) is 0 Å². The second-order valence-corrected chi connectivity index (χ2v) is 7.80. The van der Waals surface area contributed by atoms with E-state index in [0.29, 0.717) is 17.4 Å². The molecule has 7 heteroatoms. The summed E-state index contributed by atoms with van der Waals surface area (Å²) < 4.78 is 1.72. The zero-order valence-corrected chi connectivity index (χ0v) is 17.4. The molecule has 1 aromatic carbocycles. The zero-order valence-electron chi connectivity index (χ0n) is 16.7. The molecule has 0 atom stereocenters. The average molecular weight is 410 g/mol. The van der Waals surface area contributed by atoms with Crippen LogP contribution in [-0.4, -0.2) is 45.2 Å². The maximum atomic E-state index is 12.7. The van der Waals surface area contributed by atoms with Crippen molar-refractivity contribution in [3.05, 3.63) is 75.7 Å². The minimum Gasteiger partial charge on any atom is -0.349 e. The lowest BCUT2D eigenvalue weighted by molar-refractivity contribution is 0.0942. The second-order valence-electron chi connectivity index (χ2n) is 7.39. The molecule has 6 nitrogen and oxygen atoms in total. The number of benzene rings is 1. The van der Waals surface area contributed by atoms with Gasteiger partial charge in [0.1, 0.15) is 5.69 Å². The van der Waals surface area contributed by atoms with Crippen molar-refractivity contribution in [2.45, 2.75) is 26.8 Å². The molecule has 0 saturated carbocycles. The van der Waals surface area contributed by atoms with Crippen LogP contribution in [0, 0.1) is 13.8 Å². The summed E-state index contributed by atoms with van der Waals surface area (Å²) in [6.45, 7) is 7.12. The number of nitrogens with one attached hydrogen (secondary N) is 1. The number of aryl methyl sites for hydroxylation is 2. The number of hydrogen-bond acceptors (Lipinski definition) is 4. The van der Waals surface area contributed by atoms with Crippen molar-refractivity contribution in [3.8, 4) is 5.82 Å². The molecule has 1 aliphatic rings. The Bertz CT molecular complexity index is 1050. The van der Waals surface area contributed by atoms with Gasteiger partial charge in [-0.25, -0.2) is 9.67 Å². The average Bonchev–Trinajstić information content (AvgIpc) is 3.06. The van der Waals surface area contributed by atoms with Crippen LogP contribution in [0.5, 0.6) is 0 Å². The van der Waals surface area contributed by atoms with Crippen LogP contribution in [0.25, 0.3) is 5.82 Å². The number of amides is 1. The van der Waals surface area contributed by atoms with Crippen LogP contribution in [0.15, 0.2) is 42.5 Å². The van der Waals surface area contributed by atoms with E-state index < -0.39 is 0 Å². The Hall–Kier alpha value is -2.70. The van der Waals surface area contributed by atoms with Crippen LogP contribution in [0.2, 0.25) is 5.02 Å². The van der Waals surface area contributed by atoms with Crippen LogP contribution in [0.3, 0.4) is 0 Å². The van der Waals surface area contributed by atoms with Gasteiger partial charge in [0.25, 0.3) is 5.91 Å². The number of hydrogen-bond donors (Lipinski definition) is 1. The molecule has 0 aliphatic carbocycles. The van der Waals surface area contributed by atoms with Gasteiger partial charge in [0.15, 0.2) is 5.82 Å². The van der Waals surface area contributed by atoms with E-state index in [9.17, 15) is 4.79 Å². The van der Waals surface area contributed by atoms with E-state index in [1.54, 1.807) is 16.8 Å². The SMILES string of the molecule is Cc1cc(C)n(-c2ccc(Cl)c(C(=O)NCCN3CCc4ccccc4C3)n2)n1. The summed E-state index contributed by atoms with van der Waals surface area (Å²) in [5.74, 6) is 0.313. The molecule has 0 unspecified atom stereocenters. The number of halogens is 1. The molecule has 1 amide bonds. The highest BCUT2D eigenvalue weighted by Crippen LogP contribution is 2.19. The predicted molar refractivity (Wildman–Crippen MR) is 114 cm³/mol. The zero-order chi connectivity index (χ0) is 20.4. The van der Waals surface area contributed by atoms with Gasteiger partial charge in [-0.2, -0.15) is 5.10 Å². The number of carbonyl (C=O) groups is 1. The van der Waals surface area contributed by atoms with Crippen LogP contribution in [-0.2, 0) is 13.0 Å². The molecule has 0 fully saturated rings. The molecular formula is C22H24ClN5O. The normalized spacial score (nSPS) is 13.9. The Morgan fingerprint density at radius 1 is 1.17 bits per heavy atom. The van der Waals surface area contributed by atoms with Crippen molar-refractivity contribution < 1.29 is 4.79 Å². The maximum absolute atomic E-state index is 12.7. The summed E-state index contributed by atoms with van der Waals surface area (Å²) in [5, 5.41) is 7.71. The van der Waals surface area contributed by atoms with Gasteiger partial charge in [-0.15, -0.1) is 0 Å². The summed E-state index contributed by atoms with van der Waals surface area (Å²) in [4.78, 5) is 19.5. The van der Waals surface area contributed by atoms with E-state index in [0.717, 1.165) is 37.4 Å². The first kappa shape index (κ1) is 19.6. The Morgan fingerprint density at radius 3 is 2.72 bits per heavy atom. The molecule has 3 heterocycles. The van der Waals surface area contributed by atoms with E-state index in [2.05, 4.69) is 44.6 Å². The molecule has 0 bridgehead atoms. The first-order chi connectivity index (χ1) is 14.0. The molecule has 0 radical (unpaired) electrons. The smallest absolute Gasteiger partial charge is 0.271 e. The Kier molecular flexibility index (Phi) is 5.65. The molecule has 2 aromatic heterocycles. The highest BCUT2D eigenvalue weighted by molar-refractivity contribution is 6.33. The summed E-state index contributed by atoms with van der Waals surface area (Å²) >= 11 is 6.24. The van der Waals surface area contributed by atoms with E-state index >= 15 is 0 Å². The number of pyridine rings is 1. The van der Waals surface area contributed by atoms with Gasteiger partial charge in [-0.05, 0) is 49.6 Å². The third-order valence-corrected chi connectivity index (χ3v) is 5.50. The summed E-state index contributed by atoms with van der Waals surface area (Å²) in [6.07, 6.45) is 1.04. The number of rotatable bonds is 5. The highest BCUT2D eigenvalue weighted by Gasteiger charge is 2.18. The molecule has 150 valence electrons. The lowest BCUT2D eigenvalue weighted by atomic mass is 10.00. The van der Waals surface area contributed by atoms with Gasteiger partial charge in [0.2, 0.25) is 0 Å². The summed E-state index contributed by atoms with van der Waals surface area (Å²) in [6, 6.07) is 14.0. The van der Waals surface area contributed by atoms with Crippen molar-refractivity contribution in [1.29, 1.82) is 0 Å². The van der Waals surface area contributed by atoms with Gasteiger partial charge in [-0.1, -0.05) is 35.9 Å². The van der Waals surface area contributed by atoms with Crippen molar-refractivity contribution in [2.24, 2.45) is 0 Å². The summed E-state index contributed by atoms with van der Waals surface area (Å²) in [5.41, 5.74) is 4.86. The van der Waals surface area contributed by atoms with Crippen LogP contribution >= 0.6 is 11.6 Å². The quantitative estimate of drug-likeness (QED) is 0.702. The molecule has 4 rings (SSSR count). The third-order valence-electron chi connectivity index (χ3n) is 5.20. The topological polar surface area (TPSA) is 63.1 Å². The van der Waals surface area contributed by atoms with Crippen molar-refractivity contribution in [2.75, 3.05) is 19.6 Å². The van der Waals surface area contributed by atoms with E-state index in [4.69, 9.17) is 11.6 Å². The molecule has 0 spiro atoms. The first-order valence-electron chi connectivity index (χ1n) is 9.79. The third kappa shape index (κ3) is 4.33. The largest absolute Gasteiger partial charge is 0.349 e. The Morgan fingerprint density at radius 2 is 1.97 bits per heavy atom. The fourth-order valence-corrected chi connectivity index (χ4v) is 3.92. The Labute approximate surface area is 175 Å². The summed E-state index contributed by atoms with van der Waals surface area (Å²) in [7, 11) is 0. The predicted octanol–water partition coefficient (Wildman–Crippen LogP) is 3.33. The molecule has 1 N–H and O–H groups in total. The highest BCUT2D eigenvalue weighted by atomic mass is 35.5. The first-order valence-corrected chi connectivity index (χ1v) is 10.2. The van der Waals surface area contributed by atoms with E-state index in [1.807, 2.05) is 19.9 Å². The monoisotopic (exact) mass is 409 g/mol. The fraction of sp³-hybridized carbons (Fsp3) is 0.318. The number of fused-ring (bicyclic) bond motifs is 1. The Balaban J connectivity index is 1.39. The van der Waals surface area contributed by atoms with Crippen LogP contribution in [0.1, 0.15) is 33.0 Å². The molecule has 1 aliphatic heterocycles. The minimum atomic E-state index is -0.268. The van der Waals surface area contributed by atoms with Gasteiger partial charge >= 0.3 is 0 Å². The molecule has 3 aromatic rings. The maximum Gasteiger partial charge on any atom is 0.271 e. The van der Waals surface area contributed by atoms with Crippen molar-refractivity contribution in [1.82, 2.24) is 25.0 Å². The standard InChI is InChI=1S/C22H24ClN5O/c1-15-13-16(2)28(26-15)20-8-7-19(23)21(25-20)22(29)24-10-12-27-11-9-17-5-3-4-6-18(17)14-27/h3-8,13H,9-12,14H2,1-2H3,(H,24,29). The molecule has 0 saturated heterocycles. The van der Waals surface area contributed by atoms with E-state index in [-0.39, 0.29) is 11.6 Å². The second kappa shape index (κ2) is 8.35. The van der Waals surface area contributed by atoms with E-state index in [1.165, 1.54) is 11.1 Å². The van der Waals surface area contributed by atoms with Crippen molar-refractivity contribution >= 4 is 17.5 Å². The number of nitrogens with zero attached hydrogens (tertiary/aromatic N) is 4. The fourth-order valence-electron chi connectivity index (χ4n) is 3.73.